The van der Waals surface area contributed by atoms with Gasteiger partial charge in [0.05, 0.1) is 27.1 Å². The number of piperidine rings is 2. The number of anilines is 1. The van der Waals surface area contributed by atoms with Crippen LogP contribution in [0.15, 0.2) is 36.4 Å². The smallest absolute Gasteiger partial charge is 0.243 e. The lowest BCUT2D eigenvalue weighted by molar-refractivity contribution is -0.137. The summed E-state index contributed by atoms with van der Waals surface area (Å²) in [6.07, 6.45) is 2.13. The van der Waals surface area contributed by atoms with E-state index in [2.05, 4.69) is 38.2 Å². The molecule has 0 spiro atoms. The fraction of sp³-hybridized carbons (Fsp3) is 0.440. The van der Waals surface area contributed by atoms with Crippen molar-refractivity contribution in [2.24, 2.45) is 0 Å². The number of hydrogen-bond donors (Lipinski definition) is 2. The minimum Gasteiger partial charge on any atom is -0.367 e. The maximum atomic E-state index is 12.4. The largest absolute Gasteiger partial charge is 0.367 e. The zero-order valence-electron chi connectivity index (χ0n) is 18.6. The van der Waals surface area contributed by atoms with Crippen LogP contribution in [-0.4, -0.2) is 52.8 Å². The number of benzene rings is 2. The van der Waals surface area contributed by atoms with Crippen LogP contribution in [0.1, 0.15) is 41.3 Å². The fourth-order valence-electron chi connectivity index (χ4n) is 5.96. The Balaban J connectivity index is 1.13. The zero-order valence-corrected chi connectivity index (χ0v) is 21.0. The first-order valence-electron chi connectivity index (χ1n) is 11.7. The van der Waals surface area contributed by atoms with Gasteiger partial charge in [0.25, 0.3) is 0 Å². The molecule has 7 rings (SSSR count). The molecule has 1 N–H and O–H groups in total. The quantitative estimate of drug-likeness (QED) is 0.475. The Morgan fingerprint density at radius 2 is 1.88 bits per heavy atom. The van der Waals surface area contributed by atoms with Gasteiger partial charge in [0.1, 0.15) is 0 Å². The van der Waals surface area contributed by atoms with Crippen LogP contribution in [0.4, 0.5) is 5.69 Å². The van der Waals surface area contributed by atoms with Gasteiger partial charge in [-0.05, 0) is 41.7 Å². The van der Waals surface area contributed by atoms with Gasteiger partial charge in [-0.15, -0.1) is 0 Å². The average Bonchev–Trinajstić information content (AvgIpc) is 3.15. The molecule has 0 saturated carbocycles. The van der Waals surface area contributed by atoms with Crippen molar-refractivity contribution in [3.63, 3.8) is 0 Å². The van der Waals surface area contributed by atoms with E-state index in [1.54, 1.807) is 0 Å². The van der Waals surface area contributed by atoms with Gasteiger partial charge in [0, 0.05) is 44.7 Å². The summed E-state index contributed by atoms with van der Waals surface area (Å²) in [6, 6.07) is 13.1. The van der Waals surface area contributed by atoms with Crippen molar-refractivity contribution in [3.8, 4) is 0 Å². The lowest BCUT2D eigenvalue weighted by atomic mass is 9.86. The number of hydrogen-bond acceptors (Lipinski definition) is 6. The van der Waals surface area contributed by atoms with Crippen LogP contribution >= 0.6 is 35.8 Å². The summed E-state index contributed by atoms with van der Waals surface area (Å²) in [5.74, 6) is -0.395. The Labute approximate surface area is 214 Å². The molecule has 5 aliphatic rings. The van der Waals surface area contributed by atoms with Gasteiger partial charge in [-0.2, -0.15) is 12.6 Å². The number of fused-ring (bicyclic) bond motifs is 3. The zero-order chi connectivity index (χ0) is 23.6. The second-order valence-corrected chi connectivity index (χ2v) is 11.0. The van der Waals surface area contributed by atoms with Crippen LogP contribution in [0.3, 0.4) is 0 Å². The molecule has 0 aromatic heterocycles. The number of amides is 2. The molecular formula is C25H26Cl2N4O2S. The minimum absolute atomic E-state index is 0.143. The predicted molar refractivity (Wildman–Crippen MR) is 136 cm³/mol. The van der Waals surface area contributed by atoms with E-state index in [9.17, 15) is 9.59 Å². The van der Waals surface area contributed by atoms with Crippen molar-refractivity contribution < 1.29 is 9.59 Å². The molecule has 0 radical (unpaired) electrons. The summed E-state index contributed by atoms with van der Waals surface area (Å²) in [7, 11) is 0. The van der Waals surface area contributed by atoms with E-state index in [1.165, 1.54) is 23.1 Å². The van der Waals surface area contributed by atoms with E-state index in [0.717, 1.165) is 25.3 Å². The van der Waals surface area contributed by atoms with Gasteiger partial charge in [-0.3, -0.25) is 24.7 Å². The highest BCUT2D eigenvalue weighted by molar-refractivity contribution is 7.80. The Morgan fingerprint density at radius 3 is 2.65 bits per heavy atom. The van der Waals surface area contributed by atoms with E-state index in [4.69, 9.17) is 35.8 Å². The highest BCUT2D eigenvalue weighted by atomic mass is 35.5. The standard InChI is InChI=1S/C25H26Cl2N4O2S/c26-19-2-1-3-20(23(19)27)29-12-16-9-17(13-29)30(16)10-14-4-5-15-11-31(25(34)18(15)8-14)21-6-7-22(32)28-24(21)33/h1-5,8,16-17,21,25,34H,6-7,9-13H2,(H,28,32,33). The molecule has 0 aliphatic carbocycles. The minimum atomic E-state index is -0.310. The topological polar surface area (TPSA) is 55.9 Å². The predicted octanol–water partition coefficient (Wildman–Crippen LogP) is 4.01. The molecule has 4 atom stereocenters. The lowest BCUT2D eigenvalue weighted by Crippen LogP contribution is -2.68. The van der Waals surface area contributed by atoms with Crippen LogP contribution in [-0.2, 0) is 22.7 Å². The van der Waals surface area contributed by atoms with Gasteiger partial charge in [0.2, 0.25) is 11.8 Å². The molecule has 2 aromatic carbocycles. The highest BCUT2D eigenvalue weighted by Crippen LogP contribution is 2.42. The maximum Gasteiger partial charge on any atom is 0.243 e. The molecule has 2 amide bonds. The van der Waals surface area contributed by atoms with Crippen LogP contribution in [0.2, 0.25) is 10.0 Å². The monoisotopic (exact) mass is 516 g/mol. The Morgan fingerprint density at radius 1 is 1.09 bits per heavy atom. The van der Waals surface area contributed by atoms with Gasteiger partial charge < -0.3 is 4.90 Å². The molecular weight excluding hydrogens is 491 g/mol. The molecule has 178 valence electrons. The van der Waals surface area contributed by atoms with Crippen molar-refractivity contribution in [3.05, 3.63) is 63.1 Å². The SMILES string of the molecule is O=C1CCC(N2Cc3ccc(CN4C5CC4CN(c4cccc(Cl)c4Cl)C5)cc3C2S)C(=O)N1. The van der Waals surface area contributed by atoms with Crippen molar-refractivity contribution in [1.29, 1.82) is 0 Å². The fourth-order valence-corrected chi connectivity index (χ4v) is 6.86. The van der Waals surface area contributed by atoms with Crippen molar-refractivity contribution in [1.82, 2.24) is 15.1 Å². The average molecular weight is 517 g/mol. The third kappa shape index (κ3) is 3.82. The molecule has 34 heavy (non-hydrogen) atoms. The summed E-state index contributed by atoms with van der Waals surface area (Å²) in [5.41, 5.74) is 4.67. The van der Waals surface area contributed by atoms with Crippen molar-refractivity contribution in [2.45, 2.75) is 55.9 Å². The first kappa shape index (κ1) is 22.7. The first-order valence-corrected chi connectivity index (χ1v) is 13.0. The molecule has 4 fully saturated rings. The van der Waals surface area contributed by atoms with Crippen LogP contribution in [0, 0.1) is 0 Å². The molecule has 6 nitrogen and oxygen atoms in total. The Kier molecular flexibility index (Phi) is 5.81. The third-order valence-electron chi connectivity index (χ3n) is 7.75. The molecule has 5 aliphatic heterocycles. The number of thiol groups is 1. The molecule has 9 heteroatoms. The van der Waals surface area contributed by atoms with Gasteiger partial charge in [-0.1, -0.05) is 47.5 Å². The number of nitrogens with one attached hydrogen (secondary N) is 1. The first-order chi connectivity index (χ1) is 16.4. The Bertz CT molecular complexity index is 1170. The normalized spacial score (nSPS) is 29.1. The summed E-state index contributed by atoms with van der Waals surface area (Å²) < 4.78 is 0. The Hall–Kier alpha value is -1.77. The summed E-state index contributed by atoms with van der Waals surface area (Å²) >= 11 is 17.6. The number of imide groups is 1. The lowest BCUT2D eigenvalue weighted by Gasteiger charge is -2.57. The number of halogens is 2. The number of nitrogens with zero attached hydrogens (tertiary/aromatic N) is 3. The molecule has 4 saturated heterocycles. The summed E-state index contributed by atoms with van der Waals surface area (Å²) in [6.45, 7) is 3.47. The number of piperazine rings is 1. The van der Waals surface area contributed by atoms with E-state index < -0.39 is 0 Å². The van der Waals surface area contributed by atoms with E-state index in [1.807, 2.05) is 18.2 Å². The molecule has 5 heterocycles. The van der Waals surface area contributed by atoms with E-state index >= 15 is 0 Å². The maximum absolute atomic E-state index is 12.4. The van der Waals surface area contributed by atoms with Gasteiger partial charge in [-0.25, -0.2) is 0 Å². The van der Waals surface area contributed by atoms with Crippen molar-refractivity contribution >= 4 is 53.3 Å². The number of carbonyl (C=O) groups is 2. The second kappa shape index (κ2) is 8.71. The molecule has 2 bridgehead atoms. The number of rotatable bonds is 4. The van der Waals surface area contributed by atoms with Gasteiger partial charge in [0.15, 0.2) is 0 Å². The van der Waals surface area contributed by atoms with Gasteiger partial charge >= 0.3 is 0 Å². The van der Waals surface area contributed by atoms with Crippen molar-refractivity contribution in [2.75, 3.05) is 18.0 Å². The molecule has 2 aromatic rings. The third-order valence-corrected chi connectivity index (χ3v) is 9.13. The van der Waals surface area contributed by atoms with Crippen LogP contribution in [0.5, 0.6) is 0 Å². The summed E-state index contributed by atoms with van der Waals surface area (Å²) in [4.78, 5) is 31.0. The second-order valence-electron chi connectivity index (χ2n) is 9.74. The van der Waals surface area contributed by atoms with E-state index in [-0.39, 0.29) is 23.2 Å². The molecule has 4 unspecified atom stereocenters. The number of carbonyl (C=O) groups excluding carboxylic acids is 2. The summed E-state index contributed by atoms with van der Waals surface area (Å²) in [5, 5.41) is 3.56. The van der Waals surface area contributed by atoms with Crippen LogP contribution < -0.4 is 10.2 Å². The highest BCUT2D eigenvalue weighted by Gasteiger charge is 2.45. The van der Waals surface area contributed by atoms with E-state index in [0.29, 0.717) is 41.5 Å². The van der Waals surface area contributed by atoms with Crippen LogP contribution in [0.25, 0.3) is 0 Å².